The van der Waals surface area contributed by atoms with Crippen molar-refractivity contribution in [1.82, 2.24) is 0 Å². The smallest absolute Gasteiger partial charge is 0.418 e. The highest BCUT2D eigenvalue weighted by Crippen LogP contribution is 2.41. The fourth-order valence-electron chi connectivity index (χ4n) is 2.48. The normalized spacial score (nSPS) is 19.4. The molecule has 0 radical (unpaired) electrons. The maximum Gasteiger partial charge on any atom is 0.418 e. The van der Waals surface area contributed by atoms with Gasteiger partial charge in [0, 0.05) is 11.6 Å². The van der Waals surface area contributed by atoms with E-state index in [1.807, 2.05) is 6.92 Å². The van der Waals surface area contributed by atoms with E-state index in [1.54, 1.807) is 0 Å². The largest absolute Gasteiger partial charge is 0.459 e. The first kappa shape index (κ1) is 17.1. The lowest BCUT2D eigenvalue weighted by Gasteiger charge is -2.15. The molecule has 1 fully saturated rings. The quantitative estimate of drug-likeness (QED) is 0.868. The third kappa shape index (κ3) is 3.84. The average molecular weight is 352 g/mol. The molecule has 8 heteroatoms. The topological polar surface area (TPSA) is 71.3 Å². The van der Waals surface area contributed by atoms with Crippen LogP contribution in [0.4, 0.5) is 24.5 Å². The summed E-state index contributed by atoms with van der Waals surface area (Å²) in [5.41, 5.74) is -1.40. The zero-order valence-corrected chi connectivity index (χ0v) is 13.2. The van der Waals surface area contributed by atoms with Gasteiger partial charge in [0.2, 0.25) is 5.91 Å². The van der Waals surface area contributed by atoms with Gasteiger partial charge in [-0.3, -0.25) is 9.59 Å². The van der Waals surface area contributed by atoms with E-state index in [-0.39, 0.29) is 29.0 Å². The summed E-state index contributed by atoms with van der Waals surface area (Å²) in [6.45, 7) is 1.86. The molecule has 1 aromatic carbocycles. The molecule has 2 aromatic rings. The summed E-state index contributed by atoms with van der Waals surface area (Å²) >= 11 is 0. The summed E-state index contributed by atoms with van der Waals surface area (Å²) in [7, 11) is 0. The minimum Gasteiger partial charge on any atom is -0.459 e. The van der Waals surface area contributed by atoms with Gasteiger partial charge in [-0.25, -0.2) is 0 Å². The number of halogens is 3. The molecule has 1 aromatic heterocycles. The van der Waals surface area contributed by atoms with Crippen LogP contribution in [0.25, 0.3) is 0 Å². The lowest BCUT2D eigenvalue weighted by atomic mass is 10.1. The van der Waals surface area contributed by atoms with Gasteiger partial charge in [0.15, 0.2) is 5.76 Å². The van der Waals surface area contributed by atoms with E-state index >= 15 is 0 Å². The molecular formula is C17H15F3N2O3. The summed E-state index contributed by atoms with van der Waals surface area (Å²) < 4.78 is 44.8. The molecule has 2 N–H and O–H groups in total. The molecule has 1 heterocycles. The molecule has 5 nitrogen and oxygen atoms in total. The van der Waals surface area contributed by atoms with Crippen LogP contribution in [0.15, 0.2) is 41.0 Å². The van der Waals surface area contributed by atoms with Gasteiger partial charge in [-0.05, 0) is 42.7 Å². The summed E-state index contributed by atoms with van der Waals surface area (Å²) in [5, 5.41) is 4.66. The number of carbonyl (C=O) groups excluding carboxylic acids is 2. The van der Waals surface area contributed by atoms with Crippen LogP contribution in [0.2, 0.25) is 0 Å². The van der Waals surface area contributed by atoms with E-state index in [2.05, 4.69) is 10.6 Å². The number of benzene rings is 1. The highest BCUT2D eigenvalue weighted by atomic mass is 19.4. The Labute approximate surface area is 141 Å². The van der Waals surface area contributed by atoms with Crippen molar-refractivity contribution < 1.29 is 27.2 Å². The summed E-state index contributed by atoms with van der Waals surface area (Å²) in [5.74, 6) is -1.18. The van der Waals surface area contributed by atoms with Crippen LogP contribution in [0.3, 0.4) is 0 Å². The Morgan fingerprint density at radius 1 is 1.20 bits per heavy atom. The Kier molecular flexibility index (Phi) is 4.28. The van der Waals surface area contributed by atoms with Crippen LogP contribution >= 0.6 is 0 Å². The number of alkyl halides is 3. The van der Waals surface area contributed by atoms with Gasteiger partial charge in [0.1, 0.15) is 0 Å². The minimum absolute atomic E-state index is 0.0198. The van der Waals surface area contributed by atoms with Crippen molar-refractivity contribution in [1.29, 1.82) is 0 Å². The first-order valence-corrected chi connectivity index (χ1v) is 7.62. The number of carbonyl (C=O) groups is 2. The number of furan rings is 1. The molecule has 25 heavy (non-hydrogen) atoms. The molecule has 1 aliphatic carbocycles. The number of amides is 2. The fourth-order valence-corrected chi connectivity index (χ4v) is 2.48. The SMILES string of the molecule is CC1CC1C(=O)Nc1ccc(NC(=O)c2ccco2)cc1C(F)(F)F. The molecule has 2 amide bonds. The van der Waals surface area contributed by atoms with E-state index in [0.29, 0.717) is 6.42 Å². The molecule has 2 atom stereocenters. The van der Waals surface area contributed by atoms with Crippen LogP contribution < -0.4 is 10.6 Å². The van der Waals surface area contributed by atoms with Gasteiger partial charge in [-0.15, -0.1) is 0 Å². The summed E-state index contributed by atoms with van der Waals surface area (Å²) in [6.07, 6.45) is -2.72. The maximum absolute atomic E-state index is 13.3. The second kappa shape index (κ2) is 6.27. The second-order valence-electron chi connectivity index (χ2n) is 6.00. The molecule has 0 spiro atoms. The van der Waals surface area contributed by atoms with Crippen molar-refractivity contribution >= 4 is 23.2 Å². The first-order valence-electron chi connectivity index (χ1n) is 7.62. The Hall–Kier alpha value is -2.77. The van der Waals surface area contributed by atoms with E-state index in [0.717, 1.165) is 12.1 Å². The predicted molar refractivity (Wildman–Crippen MR) is 84.0 cm³/mol. The van der Waals surface area contributed by atoms with Gasteiger partial charge in [-0.1, -0.05) is 6.92 Å². The van der Waals surface area contributed by atoms with E-state index in [4.69, 9.17) is 4.42 Å². The predicted octanol–water partition coefficient (Wildman–Crippen LogP) is 4.15. The zero-order chi connectivity index (χ0) is 18.2. The molecular weight excluding hydrogens is 337 g/mol. The Balaban J connectivity index is 1.82. The Morgan fingerprint density at radius 2 is 1.92 bits per heavy atom. The van der Waals surface area contributed by atoms with E-state index < -0.39 is 23.6 Å². The van der Waals surface area contributed by atoms with Crippen molar-refractivity contribution in [2.45, 2.75) is 19.5 Å². The molecule has 132 valence electrons. The van der Waals surface area contributed by atoms with Gasteiger partial charge >= 0.3 is 6.18 Å². The fraction of sp³-hybridized carbons (Fsp3) is 0.294. The Morgan fingerprint density at radius 3 is 2.48 bits per heavy atom. The van der Waals surface area contributed by atoms with Crippen LogP contribution in [-0.2, 0) is 11.0 Å². The highest BCUT2D eigenvalue weighted by Gasteiger charge is 2.40. The molecule has 3 rings (SSSR count). The van der Waals surface area contributed by atoms with Crippen LogP contribution in [0, 0.1) is 11.8 Å². The van der Waals surface area contributed by atoms with E-state index in [9.17, 15) is 22.8 Å². The first-order chi connectivity index (χ1) is 11.8. The third-order valence-electron chi connectivity index (χ3n) is 4.03. The molecule has 1 aliphatic rings. The molecule has 0 bridgehead atoms. The van der Waals surface area contributed by atoms with Crippen LogP contribution in [0.1, 0.15) is 29.5 Å². The van der Waals surface area contributed by atoms with Crippen LogP contribution in [-0.4, -0.2) is 11.8 Å². The standard InChI is InChI=1S/C17H15F3N2O3/c1-9-7-11(9)15(23)22-13-5-4-10(8-12(13)17(18,19)20)21-16(24)14-3-2-6-25-14/h2-6,8-9,11H,7H2,1H3,(H,21,24)(H,22,23). The second-order valence-corrected chi connectivity index (χ2v) is 6.00. The number of anilines is 2. The van der Waals surface area contributed by atoms with Gasteiger partial charge in [0.05, 0.1) is 17.5 Å². The van der Waals surface area contributed by atoms with Crippen molar-refractivity contribution in [2.24, 2.45) is 11.8 Å². The average Bonchev–Trinajstić information content (AvgIpc) is 3.04. The number of rotatable bonds is 4. The molecule has 2 unspecified atom stereocenters. The summed E-state index contributed by atoms with van der Waals surface area (Å²) in [6, 6.07) is 6.10. The van der Waals surface area contributed by atoms with Crippen molar-refractivity contribution in [3.05, 3.63) is 47.9 Å². The summed E-state index contributed by atoms with van der Waals surface area (Å²) in [4.78, 5) is 23.8. The van der Waals surface area contributed by atoms with Gasteiger partial charge < -0.3 is 15.1 Å². The van der Waals surface area contributed by atoms with E-state index in [1.165, 1.54) is 24.5 Å². The lowest BCUT2D eigenvalue weighted by Crippen LogP contribution is -2.19. The van der Waals surface area contributed by atoms with Crippen molar-refractivity contribution in [2.75, 3.05) is 10.6 Å². The maximum atomic E-state index is 13.3. The third-order valence-corrected chi connectivity index (χ3v) is 4.03. The zero-order valence-electron chi connectivity index (χ0n) is 13.2. The molecule has 0 saturated heterocycles. The molecule has 1 saturated carbocycles. The number of hydrogen-bond acceptors (Lipinski definition) is 3. The Bertz CT molecular complexity index is 800. The number of nitrogens with one attached hydrogen (secondary N) is 2. The molecule has 0 aliphatic heterocycles. The number of hydrogen-bond donors (Lipinski definition) is 2. The highest BCUT2D eigenvalue weighted by molar-refractivity contribution is 6.02. The monoisotopic (exact) mass is 352 g/mol. The van der Waals surface area contributed by atoms with Crippen molar-refractivity contribution in [3.63, 3.8) is 0 Å². The van der Waals surface area contributed by atoms with Gasteiger partial charge in [-0.2, -0.15) is 13.2 Å². The van der Waals surface area contributed by atoms with Crippen LogP contribution in [0.5, 0.6) is 0 Å². The lowest BCUT2D eigenvalue weighted by molar-refractivity contribution is -0.136. The van der Waals surface area contributed by atoms with Gasteiger partial charge in [0.25, 0.3) is 5.91 Å². The minimum atomic E-state index is -4.68. The van der Waals surface area contributed by atoms with Crippen molar-refractivity contribution in [3.8, 4) is 0 Å².